The molecule has 0 saturated heterocycles. The number of amides is 1. The van der Waals surface area contributed by atoms with Gasteiger partial charge < -0.3 is 14.8 Å². The van der Waals surface area contributed by atoms with Crippen molar-refractivity contribution in [2.75, 3.05) is 13.2 Å². The summed E-state index contributed by atoms with van der Waals surface area (Å²) in [6.45, 7) is 0.976. The Morgan fingerprint density at radius 2 is 1.88 bits per heavy atom. The summed E-state index contributed by atoms with van der Waals surface area (Å²) in [5, 5.41) is 8.56. The molecule has 3 aromatic rings. The Morgan fingerprint density at radius 3 is 2.60 bits per heavy atom. The predicted octanol–water partition coefficient (Wildman–Crippen LogP) is 3.51. The quantitative estimate of drug-likeness (QED) is 0.657. The topological polar surface area (TPSA) is 73.3 Å². The number of nitrogens with zero attached hydrogens (tertiary/aromatic N) is 2. The first-order valence-electron chi connectivity index (χ1n) is 7.76. The summed E-state index contributed by atoms with van der Waals surface area (Å²) in [5.74, 6) is 0.728. The minimum Gasteiger partial charge on any atom is -0.492 e. The molecule has 0 saturated carbocycles. The van der Waals surface area contributed by atoms with Gasteiger partial charge in [-0.1, -0.05) is 34.8 Å². The van der Waals surface area contributed by atoms with Crippen molar-refractivity contribution in [3.63, 3.8) is 0 Å². The lowest BCUT2D eigenvalue weighted by atomic mass is 10.2. The maximum atomic E-state index is 11.6. The zero-order chi connectivity index (χ0) is 17.3. The van der Waals surface area contributed by atoms with Crippen LogP contribution in [0.4, 0.5) is 4.79 Å². The van der Waals surface area contributed by atoms with Crippen LogP contribution in [0.25, 0.3) is 11.3 Å². The summed E-state index contributed by atoms with van der Waals surface area (Å²) in [6, 6.07) is 17.1. The van der Waals surface area contributed by atoms with Gasteiger partial charge >= 0.3 is 6.09 Å². The lowest BCUT2D eigenvalue weighted by Gasteiger charge is -2.09. The van der Waals surface area contributed by atoms with E-state index >= 15 is 0 Å². The molecule has 1 aromatic heterocycles. The van der Waals surface area contributed by atoms with Crippen LogP contribution in [0.3, 0.4) is 0 Å². The summed E-state index contributed by atoms with van der Waals surface area (Å²) in [7, 11) is 0. The Kier molecular flexibility index (Phi) is 5.95. The smallest absolute Gasteiger partial charge is 0.407 e. The molecule has 0 bridgehead atoms. The van der Waals surface area contributed by atoms with Gasteiger partial charge in [0.1, 0.15) is 24.7 Å². The summed E-state index contributed by atoms with van der Waals surface area (Å²) < 4.78 is 14.5. The van der Waals surface area contributed by atoms with Gasteiger partial charge in [0.15, 0.2) is 0 Å². The van der Waals surface area contributed by atoms with E-state index in [-0.39, 0.29) is 6.61 Å². The lowest BCUT2D eigenvalue weighted by Crippen LogP contribution is -2.28. The van der Waals surface area contributed by atoms with Gasteiger partial charge in [-0.2, -0.15) is 0 Å². The lowest BCUT2D eigenvalue weighted by molar-refractivity contribution is 0.137. The van der Waals surface area contributed by atoms with Gasteiger partial charge in [0.05, 0.1) is 6.54 Å². The fraction of sp³-hybridized carbons (Fsp3) is 0.167. The second kappa shape index (κ2) is 8.79. The Hall–Kier alpha value is -2.93. The fourth-order valence-electron chi connectivity index (χ4n) is 2.11. The predicted molar refractivity (Wildman–Crippen MR) is 95.5 cm³/mol. The van der Waals surface area contributed by atoms with Crippen LogP contribution in [0.5, 0.6) is 5.75 Å². The van der Waals surface area contributed by atoms with E-state index in [9.17, 15) is 4.79 Å². The van der Waals surface area contributed by atoms with Crippen LogP contribution in [0.1, 0.15) is 5.56 Å². The number of ether oxygens (including phenoxy) is 2. The van der Waals surface area contributed by atoms with Gasteiger partial charge in [-0.05, 0) is 41.4 Å². The number of benzene rings is 2. The highest BCUT2D eigenvalue weighted by molar-refractivity contribution is 7.03. The highest BCUT2D eigenvalue weighted by Gasteiger charge is 2.03. The van der Waals surface area contributed by atoms with E-state index in [2.05, 4.69) is 14.9 Å². The van der Waals surface area contributed by atoms with E-state index in [4.69, 9.17) is 9.47 Å². The summed E-state index contributed by atoms with van der Waals surface area (Å²) in [4.78, 5) is 11.6. The van der Waals surface area contributed by atoms with E-state index < -0.39 is 6.09 Å². The Labute approximate surface area is 149 Å². The molecule has 6 nitrogen and oxygen atoms in total. The van der Waals surface area contributed by atoms with Gasteiger partial charge in [0.2, 0.25) is 0 Å². The van der Waals surface area contributed by atoms with Crippen LogP contribution in [0.2, 0.25) is 0 Å². The summed E-state index contributed by atoms with van der Waals surface area (Å²) in [6.07, 6.45) is -0.459. The third-order valence-corrected chi connectivity index (χ3v) is 3.87. The average Bonchev–Trinajstić information content (AvgIpc) is 3.20. The molecule has 0 unspecified atom stereocenters. The molecule has 0 spiro atoms. The van der Waals surface area contributed by atoms with E-state index in [1.165, 1.54) is 11.5 Å². The van der Waals surface area contributed by atoms with Crippen molar-refractivity contribution in [2.45, 2.75) is 6.61 Å². The van der Waals surface area contributed by atoms with E-state index in [1.54, 1.807) is 0 Å². The van der Waals surface area contributed by atoms with Crippen molar-refractivity contribution >= 4 is 17.6 Å². The number of hydrogen-bond acceptors (Lipinski definition) is 6. The second-order valence-corrected chi connectivity index (χ2v) is 5.76. The molecular formula is C18H17N3O3S. The third-order valence-electron chi connectivity index (χ3n) is 3.36. The highest BCUT2D eigenvalue weighted by atomic mass is 32.1. The van der Waals surface area contributed by atoms with Crippen molar-refractivity contribution in [2.24, 2.45) is 0 Å². The zero-order valence-corrected chi connectivity index (χ0v) is 14.2. The SMILES string of the molecule is O=C(NCCOc1ccc(-c2csnn2)cc1)OCc1ccccc1. The van der Waals surface area contributed by atoms with Gasteiger partial charge in [-0.3, -0.25) is 0 Å². The van der Waals surface area contributed by atoms with Crippen LogP contribution in [0, 0.1) is 0 Å². The van der Waals surface area contributed by atoms with Crippen molar-refractivity contribution in [3.05, 3.63) is 65.5 Å². The maximum absolute atomic E-state index is 11.6. The number of alkyl carbamates (subject to hydrolysis) is 1. The molecule has 0 fully saturated rings. The molecule has 3 rings (SSSR count). The van der Waals surface area contributed by atoms with Crippen LogP contribution in [0.15, 0.2) is 60.0 Å². The molecular weight excluding hydrogens is 338 g/mol. The van der Waals surface area contributed by atoms with Gasteiger partial charge in [0.25, 0.3) is 0 Å². The second-order valence-electron chi connectivity index (χ2n) is 5.15. The Bertz CT molecular complexity index is 777. The number of rotatable bonds is 7. The van der Waals surface area contributed by atoms with Crippen molar-refractivity contribution in [1.29, 1.82) is 0 Å². The Balaban J connectivity index is 1.35. The molecule has 0 aliphatic heterocycles. The van der Waals surface area contributed by atoms with Crippen LogP contribution in [-0.4, -0.2) is 28.8 Å². The first-order valence-corrected chi connectivity index (χ1v) is 8.60. The van der Waals surface area contributed by atoms with Crippen molar-refractivity contribution in [3.8, 4) is 17.0 Å². The summed E-state index contributed by atoms with van der Waals surface area (Å²) >= 11 is 1.32. The van der Waals surface area contributed by atoms with Crippen molar-refractivity contribution < 1.29 is 14.3 Å². The Morgan fingerprint density at radius 1 is 1.08 bits per heavy atom. The molecule has 0 aliphatic carbocycles. The first kappa shape index (κ1) is 16.9. The molecule has 1 amide bonds. The highest BCUT2D eigenvalue weighted by Crippen LogP contribution is 2.21. The van der Waals surface area contributed by atoms with Gasteiger partial charge in [-0.25, -0.2) is 4.79 Å². The zero-order valence-electron chi connectivity index (χ0n) is 13.4. The molecule has 7 heteroatoms. The number of hydrogen-bond donors (Lipinski definition) is 1. The van der Waals surface area contributed by atoms with Crippen LogP contribution >= 0.6 is 11.5 Å². The van der Waals surface area contributed by atoms with E-state index in [0.29, 0.717) is 13.2 Å². The monoisotopic (exact) mass is 355 g/mol. The average molecular weight is 355 g/mol. The third kappa shape index (κ3) is 5.29. The minimum absolute atomic E-state index is 0.250. The fourth-order valence-corrected chi connectivity index (χ4v) is 2.57. The maximum Gasteiger partial charge on any atom is 0.407 e. The first-order chi connectivity index (χ1) is 12.3. The largest absolute Gasteiger partial charge is 0.492 e. The standard InChI is InChI=1S/C18H17N3O3S/c22-18(24-12-14-4-2-1-3-5-14)19-10-11-23-16-8-6-15(7-9-16)17-13-25-21-20-17/h1-9,13H,10-12H2,(H,19,22). The number of nitrogens with one attached hydrogen (secondary N) is 1. The molecule has 128 valence electrons. The molecule has 2 aromatic carbocycles. The molecule has 1 heterocycles. The van der Waals surface area contributed by atoms with E-state index in [0.717, 1.165) is 22.6 Å². The molecule has 0 atom stereocenters. The van der Waals surface area contributed by atoms with Crippen LogP contribution in [-0.2, 0) is 11.3 Å². The number of carbonyl (C=O) groups excluding carboxylic acids is 1. The molecule has 0 radical (unpaired) electrons. The number of aromatic nitrogens is 2. The van der Waals surface area contributed by atoms with Crippen LogP contribution < -0.4 is 10.1 Å². The number of carbonyl (C=O) groups is 1. The van der Waals surface area contributed by atoms with Gasteiger partial charge in [0, 0.05) is 10.9 Å². The normalized spacial score (nSPS) is 10.2. The molecule has 0 aliphatic rings. The summed E-state index contributed by atoms with van der Waals surface area (Å²) in [5.41, 5.74) is 2.78. The van der Waals surface area contributed by atoms with Crippen molar-refractivity contribution in [1.82, 2.24) is 14.9 Å². The van der Waals surface area contributed by atoms with E-state index in [1.807, 2.05) is 60.0 Å². The van der Waals surface area contributed by atoms with Gasteiger partial charge in [-0.15, -0.1) is 5.10 Å². The minimum atomic E-state index is -0.459. The molecule has 25 heavy (non-hydrogen) atoms. The molecule has 1 N–H and O–H groups in total.